The van der Waals surface area contributed by atoms with Gasteiger partial charge in [0.05, 0.1) is 39.0 Å². The van der Waals surface area contributed by atoms with E-state index in [0.717, 1.165) is 17.4 Å². The van der Waals surface area contributed by atoms with Gasteiger partial charge in [0.2, 0.25) is 0 Å². The maximum absolute atomic E-state index is 11.3. The lowest BCUT2D eigenvalue weighted by Crippen LogP contribution is -2.56. The Labute approximate surface area is 68.8 Å². The van der Waals surface area contributed by atoms with Crippen LogP contribution >= 0.6 is 0 Å². The zero-order valence-electron chi connectivity index (χ0n) is 7.92. The molecule has 64 valence electrons. The molecule has 1 fully saturated rings. The first-order valence-electron chi connectivity index (χ1n) is 4.30. The zero-order valence-corrected chi connectivity index (χ0v) is 7.92. The first kappa shape index (κ1) is 8.72. The minimum absolute atomic E-state index is 0.249. The Balaban J connectivity index is 2.75. The van der Waals surface area contributed by atoms with E-state index in [1.165, 1.54) is 0 Å². The number of nitrogens with zero attached hydrogens (tertiary/aromatic N) is 1. The van der Waals surface area contributed by atoms with Crippen molar-refractivity contribution in [2.45, 2.75) is 26.3 Å². The van der Waals surface area contributed by atoms with E-state index in [-0.39, 0.29) is 5.92 Å². The SMILES string of the molecule is CC1C(=O)CC[N+](C)(C)C1C. The van der Waals surface area contributed by atoms with Crippen molar-refractivity contribution >= 4 is 5.78 Å². The second kappa shape index (κ2) is 2.59. The van der Waals surface area contributed by atoms with Gasteiger partial charge in [0.15, 0.2) is 0 Å². The smallest absolute Gasteiger partial charge is 0.147 e. The Morgan fingerprint density at radius 1 is 1.36 bits per heavy atom. The van der Waals surface area contributed by atoms with Gasteiger partial charge in [0, 0.05) is 0 Å². The van der Waals surface area contributed by atoms with Crippen LogP contribution in [-0.2, 0) is 4.79 Å². The fourth-order valence-electron chi connectivity index (χ4n) is 1.70. The van der Waals surface area contributed by atoms with Crippen molar-refractivity contribution in [2.75, 3.05) is 20.6 Å². The fraction of sp³-hybridized carbons (Fsp3) is 0.889. The van der Waals surface area contributed by atoms with E-state index in [4.69, 9.17) is 0 Å². The predicted octanol–water partition coefficient (Wildman–Crippen LogP) is 1.06. The third-order valence-corrected chi connectivity index (χ3v) is 3.27. The highest BCUT2D eigenvalue weighted by atomic mass is 16.1. The summed E-state index contributed by atoms with van der Waals surface area (Å²) in [6.07, 6.45) is 0.762. The molecule has 0 aromatic carbocycles. The highest BCUT2D eigenvalue weighted by Crippen LogP contribution is 2.23. The molecular weight excluding hydrogens is 138 g/mol. The summed E-state index contributed by atoms with van der Waals surface area (Å²) in [7, 11) is 4.40. The van der Waals surface area contributed by atoms with Crippen molar-refractivity contribution < 1.29 is 9.28 Å². The van der Waals surface area contributed by atoms with Crippen LogP contribution in [0.1, 0.15) is 20.3 Å². The number of carbonyl (C=O) groups excluding carboxylic acids is 1. The van der Waals surface area contributed by atoms with Crippen molar-refractivity contribution in [2.24, 2.45) is 5.92 Å². The number of ketones is 1. The molecule has 0 spiro atoms. The molecule has 0 amide bonds. The van der Waals surface area contributed by atoms with Crippen molar-refractivity contribution in [3.63, 3.8) is 0 Å². The molecule has 1 saturated heterocycles. The maximum atomic E-state index is 11.3. The third-order valence-electron chi connectivity index (χ3n) is 3.27. The first-order chi connectivity index (χ1) is 4.95. The average Bonchev–Trinajstić information content (AvgIpc) is 1.95. The fourth-order valence-corrected chi connectivity index (χ4v) is 1.70. The molecule has 0 radical (unpaired) electrons. The van der Waals surface area contributed by atoms with Crippen LogP contribution in [-0.4, -0.2) is 36.9 Å². The van der Waals surface area contributed by atoms with Gasteiger partial charge in [-0.2, -0.15) is 0 Å². The lowest BCUT2D eigenvalue weighted by Gasteiger charge is -2.42. The topological polar surface area (TPSA) is 17.1 Å². The molecule has 1 rings (SSSR count). The summed E-state index contributed by atoms with van der Waals surface area (Å²) < 4.78 is 0.993. The van der Waals surface area contributed by atoms with Gasteiger partial charge in [-0.15, -0.1) is 0 Å². The van der Waals surface area contributed by atoms with E-state index in [0.29, 0.717) is 11.8 Å². The molecule has 11 heavy (non-hydrogen) atoms. The number of likely N-dealkylation sites (tertiary alicyclic amines) is 1. The van der Waals surface area contributed by atoms with Crippen LogP contribution in [0.3, 0.4) is 0 Å². The maximum Gasteiger partial charge on any atom is 0.147 e. The number of carbonyl (C=O) groups is 1. The van der Waals surface area contributed by atoms with Crippen LogP contribution in [0.15, 0.2) is 0 Å². The Bertz CT molecular complexity index is 174. The second-order valence-corrected chi connectivity index (χ2v) is 4.25. The molecular formula is C9H18NO+. The molecule has 1 aliphatic rings. The molecule has 0 aliphatic carbocycles. The summed E-state index contributed by atoms with van der Waals surface area (Å²) >= 11 is 0. The van der Waals surface area contributed by atoms with Crippen LogP contribution < -0.4 is 0 Å². The molecule has 0 N–H and O–H groups in total. The molecule has 0 bridgehead atoms. The van der Waals surface area contributed by atoms with Crippen molar-refractivity contribution in [3.8, 4) is 0 Å². The average molecular weight is 156 g/mol. The van der Waals surface area contributed by atoms with Crippen LogP contribution in [0.5, 0.6) is 0 Å². The van der Waals surface area contributed by atoms with Gasteiger partial charge in [0.25, 0.3) is 0 Å². The minimum Gasteiger partial charge on any atom is -0.325 e. The standard InChI is InChI=1S/C9H18NO/c1-7-8(2)10(3,4)6-5-9(7)11/h7-8H,5-6H2,1-4H3/q+1. The van der Waals surface area contributed by atoms with E-state index < -0.39 is 0 Å². The van der Waals surface area contributed by atoms with Gasteiger partial charge >= 0.3 is 0 Å². The van der Waals surface area contributed by atoms with Crippen LogP contribution in [0.2, 0.25) is 0 Å². The highest BCUT2D eigenvalue weighted by molar-refractivity contribution is 5.81. The van der Waals surface area contributed by atoms with E-state index in [1.807, 2.05) is 6.92 Å². The summed E-state index contributed by atoms with van der Waals surface area (Å²) in [5.74, 6) is 0.689. The molecule has 0 aromatic rings. The van der Waals surface area contributed by atoms with Crippen LogP contribution in [0.25, 0.3) is 0 Å². The molecule has 2 nitrogen and oxygen atoms in total. The van der Waals surface area contributed by atoms with Gasteiger partial charge in [-0.05, 0) is 13.8 Å². The van der Waals surface area contributed by atoms with E-state index in [2.05, 4.69) is 21.0 Å². The first-order valence-corrected chi connectivity index (χ1v) is 4.30. The lowest BCUT2D eigenvalue weighted by atomic mass is 9.89. The Morgan fingerprint density at radius 2 is 1.91 bits per heavy atom. The lowest BCUT2D eigenvalue weighted by molar-refractivity contribution is -0.917. The molecule has 1 aliphatic heterocycles. The molecule has 0 saturated carbocycles. The van der Waals surface area contributed by atoms with Gasteiger partial charge in [-0.1, -0.05) is 0 Å². The van der Waals surface area contributed by atoms with Gasteiger partial charge in [-0.3, -0.25) is 4.79 Å². The number of hydrogen-bond donors (Lipinski definition) is 0. The Hall–Kier alpha value is -0.370. The molecule has 2 unspecified atom stereocenters. The number of Topliss-reactive ketones (excluding diaryl/α,β-unsaturated/α-hetero) is 1. The molecule has 2 atom stereocenters. The summed E-state index contributed by atoms with van der Waals surface area (Å²) in [5.41, 5.74) is 0. The predicted molar refractivity (Wildman–Crippen MR) is 45.2 cm³/mol. The van der Waals surface area contributed by atoms with Crippen LogP contribution in [0.4, 0.5) is 0 Å². The summed E-state index contributed by atoms with van der Waals surface area (Å²) in [6.45, 7) is 5.22. The highest BCUT2D eigenvalue weighted by Gasteiger charge is 2.37. The monoisotopic (exact) mass is 156 g/mol. The van der Waals surface area contributed by atoms with Gasteiger partial charge in [-0.25, -0.2) is 0 Å². The van der Waals surface area contributed by atoms with Gasteiger partial charge in [0.1, 0.15) is 5.78 Å². The van der Waals surface area contributed by atoms with Crippen molar-refractivity contribution in [1.29, 1.82) is 0 Å². The normalized spacial score (nSPS) is 37.3. The molecule has 1 heterocycles. The molecule has 2 heteroatoms. The van der Waals surface area contributed by atoms with E-state index in [9.17, 15) is 4.79 Å². The number of piperidine rings is 1. The third kappa shape index (κ3) is 1.45. The van der Waals surface area contributed by atoms with E-state index in [1.54, 1.807) is 0 Å². The van der Waals surface area contributed by atoms with Gasteiger partial charge < -0.3 is 4.48 Å². The quantitative estimate of drug-likeness (QED) is 0.479. The number of quaternary nitrogens is 1. The van der Waals surface area contributed by atoms with Crippen molar-refractivity contribution in [3.05, 3.63) is 0 Å². The number of hydrogen-bond acceptors (Lipinski definition) is 1. The van der Waals surface area contributed by atoms with Crippen molar-refractivity contribution in [1.82, 2.24) is 0 Å². The zero-order chi connectivity index (χ0) is 8.65. The Morgan fingerprint density at radius 3 is 2.36 bits per heavy atom. The Kier molecular flexibility index (Phi) is 2.06. The number of rotatable bonds is 0. The summed E-state index contributed by atoms with van der Waals surface area (Å²) in [5, 5.41) is 0. The van der Waals surface area contributed by atoms with E-state index >= 15 is 0 Å². The van der Waals surface area contributed by atoms with Crippen LogP contribution in [0, 0.1) is 5.92 Å². The summed E-state index contributed by atoms with van der Waals surface area (Å²) in [6, 6.07) is 0.483. The minimum atomic E-state index is 0.249. The second-order valence-electron chi connectivity index (χ2n) is 4.25. The largest absolute Gasteiger partial charge is 0.325 e. The molecule has 0 aromatic heterocycles. The summed E-state index contributed by atoms with van der Waals surface area (Å²) in [4.78, 5) is 11.3.